The lowest BCUT2D eigenvalue weighted by molar-refractivity contribution is -0.137. The largest absolute Gasteiger partial charge is 0.486 e. The van der Waals surface area contributed by atoms with Gasteiger partial charge in [-0.2, -0.15) is 13.2 Å². The Hall–Kier alpha value is -2.16. The molecule has 0 saturated carbocycles. The van der Waals surface area contributed by atoms with E-state index in [2.05, 4.69) is 5.32 Å². The van der Waals surface area contributed by atoms with Crippen LogP contribution in [-0.4, -0.2) is 19.1 Å². The van der Waals surface area contributed by atoms with E-state index in [1.54, 1.807) is 0 Å². The number of halogens is 5. The van der Waals surface area contributed by atoms with Crippen LogP contribution in [0.4, 0.5) is 18.9 Å². The SMILES string of the molecule is O=C(Nc1cc2c(cc1Cl)OCCO2)c1sc2cc(C(F)(F)F)ccc2c1Cl. The second-order valence-corrected chi connectivity index (χ2v) is 7.72. The number of nitrogens with one attached hydrogen (secondary N) is 1. The molecule has 0 radical (unpaired) electrons. The third-order valence-corrected chi connectivity index (χ3v) is 6.01. The molecule has 1 aliphatic heterocycles. The number of thiophene rings is 1. The monoisotopic (exact) mass is 447 g/mol. The maximum absolute atomic E-state index is 12.9. The van der Waals surface area contributed by atoms with E-state index in [9.17, 15) is 18.0 Å². The normalized spacial score (nSPS) is 13.6. The Morgan fingerprint density at radius 1 is 1.07 bits per heavy atom. The van der Waals surface area contributed by atoms with Gasteiger partial charge < -0.3 is 14.8 Å². The van der Waals surface area contributed by atoms with Crippen molar-refractivity contribution in [2.75, 3.05) is 18.5 Å². The summed E-state index contributed by atoms with van der Waals surface area (Å²) in [6, 6.07) is 6.20. The van der Waals surface area contributed by atoms with Crippen molar-refractivity contribution >= 4 is 56.2 Å². The topological polar surface area (TPSA) is 47.6 Å². The molecule has 28 heavy (non-hydrogen) atoms. The molecule has 1 aliphatic rings. The molecule has 1 amide bonds. The van der Waals surface area contributed by atoms with Gasteiger partial charge in [0.1, 0.15) is 18.1 Å². The van der Waals surface area contributed by atoms with Crippen molar-refractivity contribution in [3.63, 3.8) is 0 Å². The van der Waals surface area contributed by atoms with Gasteiger partial charge >= 0.3 is 6.18 Å². The number of fused-ring (bicyclic) bond motifs is 2. The number of ether oxygens (including phenoxy) is 2. The zero-order valence-corrected chi connectivity index (χ0v) is 16.2. The molecule has 0 unspecified atom stereocenters. The molecule has 1 aromatic heterocycles. The summed E-state index contributed by atoms with van der Waals surface area (Å²) in [6.45, 7) is 0.762. The highest BCUT2D eigenvalue weighted by Crippen LogP contribution is 2.41. The van der Waals surface area contributed by atoms with E-state index in [1.165, 1.54) is 18.2 Å². The summed E-state index contributed by atoms with van der Waals surface area (Å²) in [7, 11) is 0. The summed E-state index contributed by atoms with van der Waals surface area (Å²) in [5, 5.41) is 3.31. The first-order chi connectivity index (χ1) is 13.2. The minimum Gasteiger partial charge on any atom is -0.486 e. The maximum Gasteiger partial charge on any atom is 0.416 e. The molecule has 0 aliphatic carbocycles. The highest BCUT2D eigenvalue weighted by Gasteiger charge is 2.31. The smallest absolute Gasteiger partial charge is 0.416 e. The molecule has 4 rings (SSSR count). The third-order valence-electron chi connectivity index (χ3n) is 4.04. The second kappa shape index (κ2) is 7.02. The number of amides is 1. The number of benzene rings is 2. The van der Waals surface area contributed by atoms with Gasteiger partial charge in [0.25, 0.3) is 5.91 Å². The van der Waals surface area contributed by atoms with Gasteiger partial charge in [-0.3, -0.25) is 4.79 Å². The maximum atomic E-state index is 12.9. The fraction of sp³-hybridized carbons (Fsp3) is 0.167. The highest BCUT2D eigenvalue weighted by atomic mass is 35.5. The van der Waals surface area contributed by atoms with Crippen molar-refractivity contribution in [1.82, 2.24) is 0 Å². The number of hydrogen-bond donors (Lipinski definition) is 1. The molecule has 2 heterocycles. The van der Waals surface area contributed by atoms with Gasteiger partial charge in [-0.05, 0) is 12.1 Å². The first-order valence-electron chi connectivity index (χ1n) is 7.94. The van der Waals surface area contributed by atoms with Gasteiger partial charge in [0.05, 0.1) is 21.3 Å². The van der Waals surface area contributed by atoms with Crippen LogP contribution >= 0.6 is 34.5 Å². The van der Waals surface area contributed by atoms with E-state index in [4.69, 9.17) is 32.7 Å². The average molecular weight is 448 g/mol. The lowest BCUT2D eigenvalue weighted by Crippen LogP contribution is -2.16. The van der Waals surface area contributed by atoms with Gasteiger partial charge in [0.2, 0.25) is 0 Å². The number of hydrogen-bond acceptors (Lipinski definition) is 4. The average Bonchev–Trinajstić information content (AvgIpc) is 2.98. The van der Waals surface area contributed by atoms with Crippen molar-refractivity contribution in [2.24, 2.45) is 0 Å². The number of carbonyl (C=O) groups is 1. The molecule has 0 saturated heterocycles. The molecular formula is C18H10Cl2F3NO3S. The summed E-state index contributed by atoms with van der Waals surface area (Å²) in [5.41, 5.74) is -0.528. The Bertz CT molecular complexity index is 1100. The molecule has 0 atom stereocenters. The molecule has 0 spiro atoms. The quantitative estimate of drug-likeness (QED) is 0.504. The molecular weight excluding hydrogens is 438 g/mol. The first kappa shape index (κ1) is 19.2. The second-order valence-electron chi connectivity index (χ2n) is 5.88. The van der Waals surface area contributed by atoms with Crippen LogP contribution < -0.4 is 14.8 Å². The van der Waals surface area contributed by atoms with Crippen LogP contribution in [0.5, 0.6) is 11.5 Å². The molecule has 4 nitrogen and oxygen atoms in total. The molecule has 10 heteroatoms. The number of carbonyl (C=O) groups excluding carboxylic acids is 1. The van der Waals surface area contributed by atoms with E-state index in [-0.39, 0.29) is 25.3 Å². The van der Waals surface area contributed by atoms with Crippen molar-refractivity contribution in [2.45, 2.75) is 6.18 Å². The fourth-order valence-corrected chi connectivity index (χ4v) is 4.38. The van der Waals surface area contributed by atoms with Crippen molar-refractivity contribution in [3.8, 4) is 11.5 Å². The van der Waals surface area contributed by atoms with E-state index in [1.807, 2.05) is 0 Å². The third kappa shape index (κ3) is 3.47. The number of alkyl halides is 3. The van der Waals surface area contributed by atoms with Crippen LogP contribution in [0.1, 0.15) is 15.2 Å². The molecule has 0 bridgehead atoms. The minimum atomic E-state index is -4.48. The zero-order valence-electron chi connectivity index (χ0n) is 13.8. The summed E-state index contributed by atoms with van der Waals surface area (Å²) < 4.78 is 49.9. The number of rotatable bonds is 2. The predicted molar refractivity (Wildman–Crippen MR) is 102 cm³/mol. The Labute approximate surface area is 170 Å². The molecule has 2 aromatic carbocycles. The predicted octanol–water partition coefficient (Wildman–Crippen LogP) is 6.25. The molecule has 0 fully saturated rings. The van der Waals surface area contributed by atoms with Gasteiger partial charge in [-0.15, -0.1) is 11.3 Å². The van der Waals surface area contributed by atoms with Crippen LogP contribution in [0.15, 0.2) is 30.3 Å². The number of anilines is 1. The molecule has 146 valence electrons. The zero-order chi connectivity index (χ0) is 20.1. The van der Waals surface area contributed by atoms with E-state index >= 15 is 0 Å². The summed E-state index contributed by atoms with van der Waals surface area (Å²) in [5.74, 6) is 0.315. The van der Waals surface area contributed by atoms with Crippen molar-refractivity contribution in [1.29, 1.82) is 0 Å². The Morgan fingerprint density at radius 3 is 2.43 bits per heavy atom. The van der Waals surface area contributed by atoms with Crippen LogP contribution in [0, 0.1) is 0 Å². The summed E-state index contributed by atoms with van der Waals surface area (Å²) in [6.07, 6.45) is -4.48. The van der Waals surface area contributed by atoms with Crippen molar-refractivity contribution in [3.05, 3.63) is 50.8 Å². The fourth-order valence-electron chi connectivity index (χ4n) is 2.73. The Kier molecular flexibility index (Phi) is 4.81. The highest BCUT2D eigenvalue weighted by molar-refractivity contribution is 7.21. The van der Waals surface area contributed by atoms with Crippen LogP contribution in [0.25, 0.3) is 10.1 Å². The van der Waals surface area contributed by atoms with Gasteiger partial charge in [0.15, 0.2) is 11.5 Å². The van der Waals surface area contributed by atoms with E-state index < -0.39 is 17.6 Å². The van der Waals surface area contributed by atoms with Gasteiger partial charge in [-0.1, -0.05) is 29.3 Å². The minimum absolute atomic E-state index is 0.0832. The first-order valence-corrected chi connectivity index (χ1v) is 9.51. The Morgan fingerprint density at radius 2 is 1.75 bits per heavy atom. The van der Waals surface area contributed by atoms with Gasteiger partial charge in [0, 0.05) is 22.2 Å². The lowest BCUT2D eigenvalue weighted by Gasteiger charge is -2.19. The van der Waals surface area contributed by atoms with Crippen LogP contribution in [-0.2, 0) is 6.18 Å². The van der Waals surface area contributed by atoms with E-state index in [0.29, 0.717) is 30.1 Å². The van der Waals surface area contributed by atoms with Crippen molar-refractivity contribution < 1.29 is 27.4 Å². The standard InChI is InChI=1S/C18H10Cl2F3NO3S/c19-10-6-12-13(27-4-3-26-12)7-11(10)24-17(25)16-15(20)9-2-1-8(18(21,22)23)5-14(9)28-16/h1-2,5-7H,3-4H2,(H,24,25). The van der Waals surface area contributed by atoms with E-state index in [0.717, 1.165) is 23.5 Å². The van der Waals surface area contributed by atoms with Crippen LogP contribution in [0.2, 0.25) is 10.0 Å². The summed E-state index contributed by atoms with van der Waals surface area (Å²) >= 11 is 13.3. The molecule has 3 aromatic rings. The summed E-state index contributed by atoms with van der Waals surface area (Å²) in [4.78, 5) is 12.8. The Balaban J connectivity index is 1.67. The molecule has 1 N–H and O–H groups in total. The van der Waals surface area contributed by atoms with Crippen LogP contribution in [0.3, 0.4) is 0 Å². The lowest BCUT2D eigenvalue weighted by atomic mass is 10.1. The van der Waals surface area contributed by atoms with Gasteiger partial charge in [-0.25, -0.2) is 0 Å².